The summed E-state index contributed by atoms with van der Waals surface area (Å²) >= 11 is 1.68. The van der Waals surface area contributed by atoms with Crippen molar-refractivity contribution in [1.29, 1.82) is 0 Å². The molecule has 3 heterocycles. The number of fused-ring (bicyclic) bond motifs is 1. The highest BCUT2D eigenvalue weighted by Gasteiger charge is 2.10. The van der Waals surface area contributed by atoms with Crippen LogP contribution in [0.3, 0.4) is 0 Å². The number of hydrogen-bond donors (Lipinski definition) is 0. The van der Waals surface area contributed by atoms with E-state index in [1.54, 1.807) is 41.8 Å². The quantitative estimate of drug-likeness (QED) is 0.552. The molecule has 25 heavy (non-hydrogen) atoms. The molecule has 0 amide bonds. The van der Waals surface area contributed by atoms with Gasteiger partial charge in [-0.1, -0.05) is 18.2 Å². The summed E-state index contributed by atoms with van der Waals surface area (Å²) in [5.41, 5.74) is 2.76. The summed E-state index contributed by atoms with van der Waals surface area (Å²) in [5.74, 6) is 0. The highest BCUT2D eigenvalue weighted by molar-refractivity contribution is 7.90. The molecule has 8 heteroatoms. The normalized spacial score (nSPS) is 11.9. The van der Waals surface area contributed by atoms with E-state index in [-0.39, 0.29) is 4.90 Å². The highest BCUT2D eigenvalue weighted by atomic mass is 32.2. The second kappa shape index (κ2) is 6.05. The Bertz CT molecular complexity index is 1130. The predicted octanol–water partition coefficient (Wildman–Crippen LogP) is 3.01. The van der Waals surface area contributed by atoms with E-state index in [4.69, 9.17) is 0 Å². The van der Waals surface area contributed by atoms with Crippen LogP contribution in [0.2, 0.25) is 0 Å². The van der Waals surface area contributed by atoms with Crippen molar-refractivity contribution in [2.75, 3.05) is 6.26 Å². The number of benzene rings is 1. The van der Waals surface area contributed by atoms with Crippen molar-refractivity contribution in [3.05, 3.63) is 59.0 Å². The third kappa shape index (κ3) is 3.31. The molecule has 4 aromatic rings. The molecule has 0 N–H and O–H groups in total. The fraction of sp³-hybridized carbons (Fsp3) is 0.118. The van der Waals surface area contributed by atoms with Crippen molar-refractivity contribution in [3.8, 4) is 11.3 Å². The van der Waals surface area contributed by atoms with Crippen LogP contribution in [0.1, 0.15) is 4.88 Å². The van der Waals surface area contributed by atoms with Crippen LogP contribution < -0.4 is 0 Å². The fourth-order valence-corrected chi connectivity index (χ4v) is 3.83. The molecule has 4 rings (SSSR count). The van der Waals surface area contributed by atoms with E-state index in [9.17, 15) is 8.42 Å². The van der Waals surface area contributed by atoms with E-state index in [2.05, 4.69) is 21.1 Å². The number of aromatic nitrogens is 4. The van der Waals surface area contributed by atoms with Crippen LogP contribution in [-0.2, 0) is 16.4 Å². The van der Waals surface area contributed by atoms with Crippen molar-refractivity contribution in [2.24, 2.45) is 0 Å². The van der Waals surface area contributed by atoms with Gasteiger partial charge in [-0.3, -0.25) is 4.68 Å². The maximum absolute atomic E-state index is 11.5. The minimum Gasteiger partial charge on any atom is -0.263 e. The summed E-state index contributed by atoms with van der Waals surface area (Å²) in [6.07, 6.45) is 4.74. The number of rotatable bonds is 4. The third-order valence-corrected chi connectivity index (χ3v) is 5.74. The molecule has 0 fully saturated rings. The Morgan fingerprint density at radius 2 is 1.96 bits per heavy atom. The van der Waals surface area contributed by atoms with E-state index < -0.39 is 9.84 Å². The van der Waals surface area contributed by atoms with Crippen LogP contribution in [0.25, 0.3) is 22.4 Å². The lowest BCUT2D eigenvalue weighted by Crippen LogP contribution is -1.98. The first-order valence-electron chi connectivity index (χ1n) is 7.52. The van der Waals surface area contributed by atoms with Crippen LogP contribution in [-0.4, -0.2) is 34.4 Å². The SMILES string of the molecule is CS(=O)(=O)c1ccc(-c2cnc3cn(Cc4cccs4)nc3n2)cc1. The van der Waals surface area contributed by atoms with Gasteiger partial charge in [-0.05, 0) is 23.6 Å². The zero-order valence-electron chi connectivity index (χ0n) is 13.3. The van der Waals surface area contributed by atoms with Gasteiger partial charge in [0.15, 0.2) is 15.5 Å². The third-order valence-electron chi connectivity index (χ3n) is 3.75. The number of sulfone groups is 1. The lowest BCUT2D eigenvalue weighted by Gasteiger charge is -2.02. The zero-order valence-corrected chi connectivity index (χ0v) is 15.0. The summed E-state index contributed by atoms with van der Waals surface area (Å²) in [6, 6.07) is 10.7. The van der Waals surface area contributed by atoms with E-state index in [1.165, 1.54) is 11.1 Å². The van der Waals surface area contributed by atoms with E-state index >= 15 is 0 Å². The Morgan fingerprint density at radius 3 is 2.64 bits per heavy atom. The first-order chi connectivity index (χ1) is 12.0. The maximum atomic E-state index is 11.5. The monoisotopic (exact) mass is 370 g/mol. The Hall–Kier alpha value is -2.58. The molecule has 0 saturated carbocycles. The summed E-state index contributed by atoms with van der Waals surface area (Å²) < 4.78 is 24.9. The Morgan fingerprint density at radius 1 is 1.16 bits per heavy atom. The summed E-state index contributed by atoms with van der Waals surface area (Å²) in [7, 11) is -3.21. The van der Waals surface area contributed by atoms with Gasteiger partial charge in [0.1, 0.15) is 5.52 Å². The average Bonchev–Trinajstić information content (AvgIpc) is 3.22. The molecule has 0 atom stereocenters. The molecule has 0 radical (unpaired) electrons. The van der Waals surface area contributed by atoms with Crippen LogP contribution >= 0.6 is 11.3 Å². The molecular formula is C17H14N4O2S2. The molecule has 1 aromatic carbocycles. The van der Waals surface area contributed by atoms with Gasteiger partial charge in [0.25, 0.3) is 0 Å². The molecule has 0 saturated heterocycles. The molecule has 0 bridgehead atoms. The molecular weight excluding hydrogens is 356 g/mol. The zero-order chi connectivity index (χ0) is 17.4. The smallest absolute Gasteiger partial charge is 0.200 e. The Balaban J connectivity index is 1.66. The van der Waals surface area contributed by atoms with Crippen LogP contribution in [0.4, 0.5) is 0 Å². The van der Waals surface area contributed by atoms with Crippen LogP contribution in [0, 0.1) is 0 Å². The lowest BCUT2D eigenvalue weighted by atomic mass is 10.2. The van der Waals surface area contributed by atoms with Crippen molar-refractivity contribution >= 4 is 32.3 Å². The van der Waals surface area contributed by atoms with E-state index in [0.29, 0.717) is 17.9 Å². The summed E-state index contributed by atoms with van der Waals surface area (Å²) in [5, 5.41) is 6.52. The van der Waals surface area contributed by atoms with Gasteiger partial charge in [-0.25, -0.2) is 18.4 Å². The van der Waals surface area contributed by atoms with E-state index in [1.807, 2.05) is 22.3 Å². The molecule has 0 unspecified atom stereocenters. The van der Waals surface area contributed by atoms with Crippen molar-refractivity contribution in [1.82, 2.24) is 19.7 Å². The Labute approximate surface area is 148 Å². The number of hydrogen-bond acceptors (Lipinski definition) is 6. The van der Waals surface area contributed by atoms with Crippen molar-refractivity contribution < 1.29 is 8.42 Å². The fourth-order valence-electron chi connectivity index (χ4n) is 2.50. The van der Waals surface area contributed by atoms with Gasteiger partial charge < -0.3 is 0 Å². The molecule has 0 aliphatic heterocycles. The second-order valence-electron chi connectivity index (χ2n) is 5.67. The number of nitrogens with zero attached hydrogens (tertiary/aromatic N) is 4. The van der Waals surface area contributed by atoms with Crippen LogP contribution in [0.15, 0.2) is 59.1 Å². The predicted molar refractivity (Wildman–Crippen MR) is 97.3 cm³/mol. The molecule has 3 aromatic heterocycles. The molecule has 0 aliphatic carbocycles. The van der Waals surface area contributed by atoms with Gasteiger partial charge >= 0.3 is 0 Å². The van der Waals surface area contributed by atoms with Gasteiger partial charge in [0, 0.05) is 16.7 Å². The maximum Gasteiger partial charge on any atom is 0.200 e. The minimum absolute atomic E-state index is 0.283. The highest BCUT2D eigenvalue weighted by Crippen LogP contribution is 2.21. The van der Waals surface area contributed by atoms with Crippen molar-refractivity contribution in [2.45, 2.75) is 11.4 Å². The molecule has 0 spiro atoms. The summed E-state index contributed by atoms with van der Waals surface area (Å²) in [6.45, 7) is 0.689. The molecule has 6 nitrogen and oxygen atoms in total. The second-order valence-corrected chi connectivity index (χ2v) is 8.71. The Kier molecular flexibility index (Phi) is 3.85. The lowest BCUT2D eigenvalue weighted by molar-refractivity contribution is 0.602. The van der Waals surface area contributed by atoms with Gasteiger partial charge in [-0.2, -0.15) is 5.10 Å². The molecule has 126 valence electrons. The minimum atomic E-state index is -3.21. The first kappa shape index (κ1) is 15.9. The largest absolute Gasteiger partial charge is 0.263 e. The topological polar surface area (TPSA) is 77.7 Å². The number of thiophene rings is 1. The first-order valence-corrected chi connectivity index (χ1v) is 10.3. The van der Waals surface area contributed by atoms with E-state index in [0.717, 1.165) is 11.1 Å². The van der Waals surface area contributed by atoms with Crippen molar-refractivity contribution in [3.63, 3.8) is 0 Å². The van der Waals surface area contributed by atoms with Gasteiger partial charge in [0.2, 0.25) is 0 Å². The average molecular weight is 370 g/mol. The summed E-state index contributed by atoms with van der Waals surface area (Å²) in [4.78, 5) is 10.5. The standard InChI is InChI=1S/C17H14N4O2S2/c1-25(22,23)14-6-4-12(5-7-14)15-9-18-16-11-21(20-17(16)19-15)10-13-3-2-8-24-13/h2-9,11H,10H2,1H3. The van der Waals surface area contributed by atoms with Gasteiger partial charge in [0.05, 0.1) is 29.5 Å². The van der Waals surface area contributed by atoms with Gasteiger partial charge in [-0.15, -0.1) is 11.3 Å². The molecule has 0 aliphatic rings. The van der Waals surface area contributed by atoms with Crippen LogP contribution in [0.5, 0.6) is 0 Å².